The van der Waals surface area contributed by atoms with E-state index in [1.54, 1.807) is 42.6 Å². The summed E-state index contributed by atoms with van der Waals surface area (Å²) in [5.74, 6) is -0.320. The zero-order valence-electron chi connectivity index (χ0n) is 13.4. The minimum absolute atomic E-state index is 0.162. The van der Waals surface area contributed by atoms with E-state index in [1.165, 1.54) is 6.20 Å². The van der Waals surface area contributed by atoms with Gasteiger partial charge in [0.1, 0.15) is 12.2 Å². The van der Waals surface area contributed by atoms with Crippen molar-refractivity contribution in [3.63, 3.8) is 0 Å². The number of carbonyl (C=O) groups is 1. The number of nitrogens with one attached hydrogen (secondary N) is 1. The molecule has 1 fully saturated rings. The van der Waals surface area contributed by atoms with Crippen molar-refractivity contribution in [2.75, 3.05) is 11.9 Å². The number of benzene rings is 1. The average Bonchev–Trinajstić information content (AvgIpc) is 2.64. The largest absolute Gasteiger partial charge is 0.394 e. The summed E-state index contributed by atoms with van der Waals surface area (Å²) >= 11 is 0. The monoisotopic (exact) mass is 344 g/mol. The summed E-state index contributed by atoms with van der Waals surface area (Å²) in [6.07, 6.45) is -0.180. The van der Waals surface area contributed by atoms with Gasteiger partial charge in [-0.25, -0.2) is 0 Å². The van der Waals surface area contributed by atoms with Crippen LogP contribution >= 0.6 is 0 Å². The molecular weight excluding hydrogens is 324 g/mol. The van der Waals surface area contributed by atoms with Crippen molar-refractivity contribution in [2.24, 2.45) is 0 Å². The number of rotatable bonds is 4. The molecule has 25 heavy (non-hydrogen) atoms. The minimum atomic E-state index is -1.13. The van der Waals surface area contributed by atoms with Crippen LogP contribution in [-0.4, -0.2) is 51.1 Å². The zero-order valence-corrected chi connectivity index (χ0v) is 13.4. The van der Waals surface area contributed by atoms with Crippen molar-refractivity contribution in [2.45, 2.75) is 30.8 Å². The molecule has 132 valence electrons. The Hall–Kier alpha value is -2.32. The highest BCUT2D eigenvalue weighted by Crippen LogP contribution is 2.32. The van der Waals surface area contributed by atoms with Gasteiger partial charge in [0.15, 0.2) is 0 Å². The number of aliphatic hydroxyl groups is 3. The average molecular weight is 344 g/mol. The number of aromatic nitrogens is 1. The number of pyridine rings is 1. The number of hydrogen-bond donors (Lipinski definition) is 4. The predicted octanol–water partition coefficient (Wildman–Crippen LogP) is 0.878. The third-order valence-corrected chi connectivity index (χ3v) is 4.15. The number of ether oxygens (including phenoxy) is 1. The Balaban J connectivity index is 1.79. The van der Waals surface area contributed by atoms with E-state index in [1.807, 2.05) is 0 Å². The molecule has 2 heterocycles. The van der Waals surface area contributed by atoms with Gasteiger partial charge in [-0.05, 0) is 29.8 Å². The summed E-state index contributed by atoms with van der Waals surface area (Å²) in [6, 6.07) is 10.1. The fourth-order valence-corrected chi connectivity index (χ4v) is 2.84. The second kappa shape index (κ2) is 7.71. The van der Waals surface area contributed by atoms with E-state index in [2.05, 4.69) is 10.3 Å². The fourth-order valence-electron chi connectivity index (χ4n) is 2.84. The Morgan fingerprint density at radius 1 is 1.28 bits per heavy atom. The summed E-state index contributed by atoms with van der Waals surface area (Å²) in [5.41, 5.74) is 1.52. The van der Waals surface area contributed by atoms with Gasteiger partial charge in [0.2, 0.25) is 0 Å². The molecule has 1 aromatic carbocycles. The van der Waals surface area contributed by atoms with Crippen molar-refractivity contribution in [1.29, 1.82) is 0 Å². The molecule has 1 saturated heterocycles. The number of amides is 1. The van der Waals surface area contributed by atoms with E-state index >= 15 is 0 Å². The van der Waals surface area contributed by atoms with E-state index in [9.17, 15) is 20.1 Å². The summed E-state index contributed by atoms with van der Waals surface area (Å²) in [6.45, 7) is -0.249. The molecule has 0 saturated carbocycles. The molecule has 0 bridgehead atoms. The van der Waals surface area contributed by atoms with E-state index < -0.39 is 24.4 Å². The number of nitrogens with zero attached hydrogens (tertiary/aromatic N) is 1. The Labute approximate surface area is 144 Å². The lowest BCUT2D eigenvalue weighted by Gasteiger charge is -2.36. The highest BCUT2D eigenvalue weighted by atomic mass is 16.5. The number of hydrogen-bond acceptors (Lipinski definition) is 6. The van der Waals surface area contributed by atoms with E-state index in [0.717, 1.165) is 0 Å². The van der Waals surface area contributed by atoms with E-state index in [-0.39, 0.29) is 18.9 Å². The normalized spacial score (nSPS) is 26.2. The Kier molecular flexibility index (Phi) is 5.40. The lowest BCUT2D eigenvalue weighted by molar-refractivity contribution is -0.179. The maximum absolute atomic E-state index is 12.4. The first-order valence-corrected chi connectivity index (χ1v) is 8.02. The van der Waals surface area contributed by atoms with Gasteiger partial charge in [0, 0.05) is 18.2 Å². The second-order valence-electron chi connectivity index (χ2n) is 5.98. The maximum atomic E-state index is 12.4. The lowest BCUT2D eigenvalue weighted by Crippen LogP contribution is -2.44. The number of anilines is 1. The maximum Gasteiger partial charge on any atom is 0.255 e. The van der Waals surface area contributed by atoms with Gasteiger partial charge in [-0.3, -0.25) is 9.78 Å². The molecule has 2 aromatic rings. The van der Waals surface area contributed by atoms with Gasteiger partial charge in [-0.15, -0.1) is 0 Å². The van der Waals surface area contributed by atoms with E-state index in [0.29, 0.717) is 16.8 Å². The molecule has 3 rings (SSSR count). The predicted molar refractivity (Wildman–Crippen MR) is 90.0 cm³/mol. The SMILES string of the molecule is O=C(Nc1cccnc1)c1cccc(C2OC(CO)CC(O)C2O)c1. The molecule has 7 nitrogen and oxygen atoms in total. The van der Waals surface area contributed by atoms with Crippen molar-refractivity contribution >= 4 is 11.6 Å². The van der Waals surface area contributed by atoms with Gasteiger partial charge in [0.25, 0.3) is 5.91 Å². The first-order chi connectivity index (χ1) is 12.1. The smallest absolute Gasteiger partial charge is 0.255 e. The molecule has 0 radical (unpaired) electrons. The van der Waals surface area contributed by atoms with E-state index in [4.69, 9.17) is 4.74 Å². The summed E-state index contributed by atoms with van der Waals surface area (Å²) < 4.78 is 5.66. The van der Waals surface area contributed by atoms with Crippen molar-refractivity contribution < 1.29 is 24.9 Å². The Bertz CT molecular complexity index is 724. The van der Waals surface area contributed by atoms with Gasteiger partial charge < -0.3 is 25.4 Å². The first kappa shape index (κ1) is 17.5. The van der Waals surface area contributed by atoms with Crippen LogP contribution in [0.3, 0.4) is 0 Å². The first-order valence-electron chi connectivity index (χ1n) is 8.02. The summed E-state index contributed by atoms with van der Waals surface area (Å²) in [7, 11) is 0. The summed E-state index contributed by atoms with van der Waals surface area (Å²) in [4.78, 5) is 16.3. The van der Waals surface area contributed by atoms with Gasteiger partial charge in [-0.1, -0.05) is 12.1 Å². The van der Waals surface area contributed by atoms with Crippen molar-refractivity contribution in [3.05, 3.63) is 59.9 Å². The molecule has 1 aliphatic rings. The molecule has 1 aliphatic heterocycles. The summed E-state index contributed by atoms with van der Waals surface area (Å²) in [5, 5.41) is 32.2. The molecule has 0 spiro atoms. The van der Waals surface area contributed by atoms with Crippen LogP contribution < -0.4 is 5.32 Å². The van der Waals surface area contributed by atoms with Crippen LogP contribution in [0.5, 0.6) is 0 Å². The molecule has 7 heteroatoms. The lowest BCUT2D eigenvalue weighted by atomic mass is 9.92. The fraction of sp³-hybridized carbons (Fsp3) is 0.333. The molecular formula is C18H20N2O5. The number of carbonyl (C=O) groups excluding carboxylic acids is 1. The van der Waals surface area contributed by atoms with Crippen LogP contribution in [0.4, 0.5) is 5.69 Å². The third kappa shape index (κ3) is 4.02. The highest BCUT2D eigenvalue weighted by molar-refractivity contribution is 6.04. The van der Waals surface area contributed by atoms with Gasteiger partial charge in [-0.2, -0.15) is 0 Å². The van der Waals surface area contributed by atoms with Gasteiger partial charge in [0.05, 0.1) is 30.7 Å². The molecule has 4 atom stereocenters. The van der Waals surface area contributed by atoms with Crippen molar-refractivity contribution in [1.82, 2.24) is 4.98 Å². The van der Waals surface area contributed by atoms with Gasteiger partial charge >= 0.3 is 0 Å². The Morgan fingerprint density at radius 3 is 2.84 bits per heavy atom. The molecule has 1 amide bonds. The quantitative estimate of drug-likeness (QED) is 0.655. The number of aliphatic hydroxyl groups excluding tert-OH is 3. The zero-order chi connectivity index (χ0) is 17.8. The standard InChI is InChI=1S/C18H20N2O5/c21-10-14-8-15(22)16(23)17(25-14)11-3-1-4-12(7-11)18(24)20-13-5-2-6-19-9-13/h1-7,9,14-17,21-23H,8,10H2,(H,20,24). The van der Waals surface area contributed by atoms with Crippen molar-refractivity contribution in [3.8, 4) is 0 Å². The van der Waals surface area contributed by atoms with Crippen LogP contribution in [0.2, 0.25) is 0 Å². The molecule has 0 aliphatic carbocycles. The van der Waals surface area contributed by atoms with Crippen LogP contribution in [0, 0.1) is 0 Å². The molecule has 4 unspecified atom stereocenters. The Morgan fingerprint density at radius 2 is 2.12 bits per heavy atom. The molecule has 4 N–H and O–H groups in total. The third-order valence-electron chi connectivity index (χ3n) is 4.15. The highest BCUT2D eigenvalue weighted by Gasteiger charge is 2.37. The topological polar surface area (TPSA) is 112 Å². The van der Waals surface area contributed by atoms with Crippen LogP contribution in [0.15, 0.2) is 48.8 Å². The molecule has 1 aromatic heterocycles. The van der Waals surface area contributed by atoms with Crippen LogP contribution in [0.25, 0.3) is 0 Å². The van der Waals surface area contributed by atoms with Crippen LogP contribution in [-0.2, 0) is 4.74 Å². The van der Waals surface area contributed by atoms with Crippen LogP contribution in [0.1, 0.15) is 28.4 Å². The second-order valence-corrected chi connectivity index (χ2v) is 5.98. The minimum Gasteiger partial charge on any atom is -0.394 e.